The Morgan fingerprint density at radius 3 is 2.95 bits per heavy atom. The van der Waals surface area contributed by atoms with Crippen molar-refractivity contribution in [2.75, 3.05) is 6.54 Å². The van der Waals surface area contributed by atoms with Gasteiger partial charge in [-0.05, 0) is 38.4 Å². The SMILES string of the molecule is CC(NC(=O)C1CCCN1)c1cc2ccccc2o1.Cl. The first kappa shape index (κ1) is 14.9. The van der Waals surface area contributed by atoms with E-state index in [9.17, 15) is 4.79 Å². The van der Waals surface area contributed by atoms with Gasteiger partial charge < -0.3 is 15.1 Å². The van der Waals surface area contributed by atoms with Crippen molar-refractivity contribution in [2.45, 2.75) is 31.8 Å². The Morgan fingerprint density at radius 1 is 1.45 bits per heavy atom. The molecular formula is C15H19ClN2O2. The number of halogens is 1. The van der Waals surface area contributed by atoms with Gasteiger partial charge in [-0.15, -0.1) is 12.4 Å². The van der Waals surface area contributed by atoms with Gasteiger partial charge in [-0.1, -0.05) is 18.2 Å². The smallest absolute Gasteiger partial charge is 0.237 e. The molecule has 108 valence electrons. The van der Waals surface area contributed by atoms with E-state index in [1.807, 2.05) is 37.3 Å². The molecular weight excluding hydrogens is 276 g/mol. The van der Waals surface area contributed by atoms with Gasteiger partial charge in [0.05, 0.1) is 12.1 Å². The largest absolute Gasteiger partial charge is 0.459 e. The molecule has 2 unspecified atom stereocenters. The number of benzene rings is 1. The number of para-hydroxylation sites is 1. The number of carbonyl (C=O) groups is 1. The molecule has 1 aromatic carbocycles. The van der Waals surface area contributed by atoms with Gasteiger partial charge >= 0.3 is 0 Å². The van der Waals surface area contributed by atoms with Crippen molar-refractivity contribution in [3.05, 3.63) is 36.1 Å². The van der Waals surface area contributed by atoms with E-state index in [1.54, 1.807) is 0 Å². The maximum Gasteiger partial charge on any atom is 0.237 e. The number of amides is 1. The lowest BCUT2D eigenvalue weighted by Crippen LogP contribution is -2.41. The topological polar surface area (TPSA) is 54.3 Å². The van der Waals surface area contributed by atoms with E-state index in [1.165, 1.54) is 0 Å². The molecule has 4 nitrogen and oxygen atoms in total. The molecule has 2 atom stereocenters. The first-order valence-electron chi connectivity index (χ1n) is 6.76. The Labute approximate surface area is 124 Å². The first-order valence-corrected chi connectivity index (χ1v) is 6.76. The fraction of sp³-hybridized carbons (Fsp3) is 0.400. The molecule has 0 radical (unpaired) electrons. The lowest BCUT2D eigenvalue weighted by molar-refractivity contribution is -0.123. The Morgan fingerprint density at radius 2 is 2.25 bits per heavy atom. The number of hydrogen-bond donors (Lipinski definition) is 2. The monoisotopic (exact) mass is 294 g/mol. The van der Waals surface area contributed by atoms with Crippen LogP contribution in [-0.4, -0.2) is 18.5 Å². The minimum absolute atomic E-state index is 0. The number of nitrogens with one attached hydrogen (secondary N) is 2. The molecule has 3 rings (SSSR count). The summed E-state index contributed by atoms with van der Waals surface area (Å²) in [5.41, 5.74) is 0.859. The number of hydrogen-bond acceptors (Lipinski definition) is 3. The normalized spacial score (nSPS) is 19.6. The van der Waals surface area contributed by atoms with Crippen molar-refractivity contribution >= 4 is 29.3 Å². The van der Waals surface area contributed by atoms with E-state index in [0.717, 1.165) is 36.1 Å². The standard InChI is InChI=1S/C15H18N2O2.ClH/c1-10(17-15(18)12-6-4-8-16-12)14-9-11-5-2-3-7-13(11)19-14;/h2-3,5,7,9-10,12,16H,4,6,8H2,1H3,(H,17,18);1H. The average Bonchev–Trinajstić information content (AvgIpc) is 3.07. The zero-order chi connectivity index (χ0) is 13.2. The summed E-state index contributed by atoms with van der Waals surface area (Å²) in [6.07, 6.45) is 1.98. The molecule has 20 heavy (non-hydrogen) atoms. The first-order chi connectivity index (χ1) is 9.24. The molecule has 2 heterocycles. The van der Waals surface area contributed by atoms with E-state index in [-0.39, 0.29) is 30.4 Å². The van der Waals surface area contributed by atoms with Crippen molar-refractivity contribution in [3.8, 4) is 0 Å². The maximum absolute atomic E-state index is 12.0. The summed E-state index contributed by atoms with van der Waals surface area (Å²) in [7, 11) is 0. The Bertz CT molecular complexity index is 557. The number of furan rings is 1. The quantitative estimate of drug-likeness (QED) is 0.915. The summed E-state index contributed by atoms with van der Waals surface area (Å²) in [5.74, 6) is 0.859. The summed E-state index contributed by atoms with van der Waals surface area (Å²) in [5, 5.41) is 7.27. The van der Waals surface area contributed by atoms with E-state index < -0.39 is 0 Å². The fourth-order valence-electron chi connectivity index (χ4n) is 2.51. The summed E-state index contributed by atoms with van der Waals surface area (Å²) in [4.78, 5) is 12.0. The predicted octanol–water partition coefficient (Wildman–Crippen LogP) is 2.78. The molecule has 5 heteroatoms. The molecule has 1 aliphatic rings. The number of carbonyl (C=O) groups excluding carboxylic acids is 1. The van der Waals surface area contributed by atoms with Gasteiger partial charge in [0.2, 0.25) is 5.91 Å². The van der Waals surface area contributed by atoms with Gasteiger partial charge in [0, 0.05) is 5.39 Å². The summed E-state index contributed by atoms with van der Waals surface area (Å²) in [6, 6.07) is 9.70. The van der Waals surface area contributed by atoms with Crippen LogP contribution in [0.5, 0.6) is 0 Å². The van der Waals surface area contributed by atoms with Crippen LogP contribution >= 0.6 is 12.4 Å². The Balaban J connectivity index is 0.00000147. The van der Waals surface area contributed by atoms with Crippen LogP contribution < -0.4 is 10.6 Å². The molecule has 1 fully saturated rings. The van der Waals surface area contributed by atoms with E-state index in [2.05, 4.69) is 10.6 Å². The van der Waals surface area contributed by atoms with E-state index in [0.29, 0.717) is 0 Å². The Kier molecular flexibility index (Phi) is 4.68. The second-order valence-electron chi connectivity index (χ2n) is 5.07. The lowest BCUT2D eigenvalue weighted by Gasteiger charge is -2.15. The van der Waals surface area contributed by atoms with Gasteiger partial charge in [-0.3, -0.25) is 4.79 Å². The third-order valence-electron chi connectivity index (χ3n) is 3.61. The van der Waals surface area contributed by atoms with E-state index >= 15 is 0 Å². The lowest BCUT2D eigenvalue weighted by atomic mass is 10.2. The van der Waals surface area contributed by atoms with Crippen LogP contribution in [0.3, 0.4) is 0 Å². The zero-order valence-corrected chi connectivity index (χ0v) is 12.2. The Hall–Kier alpha value is -1.52. The van der Waals surface area contributed by atoms with Crippen LogP contribution in [0.2, 0.25) is 0 Å². The number of rotatable bonds is 3. The van der Waals surface area contributed by atoms with Gasteiger partial charge in [0.1, 0.15) is 11.3 Å². The van der Waals surface area contributed by atoms with Crippen LogP contribution in [0.4, 0.5) is 0 Å². The third kappa shape index (κ3) is 2.97. The predicted molar refractivity (Wildman–Crippen MR) is 81.0 cm³/mol. The van der Waals surface area contributed by atoms with Crippen molar-refractivity contribution in [3.63, 3.8) is 0 Å². The average molecular weight is 295 g/mol. The fourth-order valence-corrected chi connectivity index (χ4v) is 2.51. The van der Waals surface area contributed by atoms with Crippen molar-refractivity contribution in [1.82, 2.24) is 10.6 Å². The van der Waals surface area contributed by atoms with Gasteiger partial charge in [0.25, 0.3) is 0 Å². The molecule has 1 saturated heterocycles. The van der Waals surface area contributed by atoms with Crippen LogP contribution in [0.25, 0.3) is 11.0 Å². The highest BCUT2D eigenvalue weighted by Crippen LogP contribution is 2.23. The van der Waals surface area contributed by atoms with Gasteiger partial charge in [-0.25, -0.2) is 0 Å². The third-order valence-corrected chi connectivity index (χ3v) is 3.61. The molecule has 2 aromatic rings. The van der Waals surface area contributed by atoms with Crippen molar-refractivity contribution in [2.24, 2.45) is 0 Å². The minimum Gasteiger partial charge on any atom is -0.459 e. The molecule has 0 bridgehead atoms. The molecule has 0 saturated carbocycles. The zero-order valence-electron chi connectivity index (χ0n) is 11.4. The maximum atomic E-state index is 12.0. The molecule has 1 aromatic heterocycles. The summed E-state index contributed by atoms with van der Waals surface area (Å²) >= 11 is 0. The van der Waals surface area contributed by atoms with Crippen LogP contribution in [0.15, 0.2) is 34.7 Å². The van der Waals surface area contributed by atoms with Gasteiger partial charge in [0.15, 0.2) is 0 Å². The highest BCUT2D eigenvalue weighted by atomic mass is 35.5. The molecule has 0 aliphatic carbocycles. The van der Waals surface area contributed by atoms with Crippen molar-refractivity contribution < 1.29 is 9.21 Å². The van der Waals surface area contributed by atoms with Crippen LogP contribution in [-0.2, 0) is 4.79 Å². The van der Waals surface area contributed by atoms with Crippen LogP contribution in [0, 0.1) is 0 Å². The van der Waals surface area contributed by atoms with E-state index in [4.69, 9.17) is 4.42 Å². The summed E-state index contributed by atoms with van der Waals surface area (Å²) in [6.45, 7) is 2.88. The molecule has 2 N–H and O–H groups in total. The van der Waals surface area contributed by atoms with Gasteiger partial charge in [-0.2, -0.15) is 0 Å². The molecule has 1 aliphatic heterocycles. The second-order valence-corrected chi connectivity index (χ2v) is 5.07. The minimum atomic E-state index is -0.109. The second kappa shape index (κ2) is 6.29. The van der Waals surface area contributed by atoms with Crippen LogP contribution in [0.1, 0.15) is 31.6 Å². The molecule has 1 amide bonds. The highest BCUT2D eigenvalue weighted by Gasteiger charge is 2.24. The van der Waals surface area contributed by atoms with Crippen molar-refractivity contribution in [1.29, 1.82) is 0 Å². The summed E-state index contributed by atoms with van der Waals surface area (Å²) < 4.78 is 5.76. The highest BCUT2D eigenvalue weighted by molar-refractivity contribution is 5.85. The molecule has 0 spiro atoms. The number of fused-ring (bicyclic) bond motifs is 1.